The molecule has 0 saturated heterocycles. The molecule has 0 aliphatic carbocycles. The molecule has 2 aromatic rings. The Labute approximate surface area is 108 Å². The van der Waals surface area contributed by atoms with Crippen molar-refractivity contribution in [3.05, 3.63) is 46.3 Å². The summed E-state index contributed by atoms with van der Waals surface area (Å²) in [4.78, 5) is 10.6. The van der Waals surface area contributed by atoms with E-state index in [0.29, 0.717) is 17.3 Å². The molecule has 0 atom stereocenters. The van der Waals surface area contributed by atoms with Gasteiger partial charge in [0.05, 0.1) is 6.54 Å². The van der Waals surface area contributed by atoms with Crippen molar-refractivity contribution in [3.8, 4) is 0 Å². The minimum Gasteiger partial charge on any atom is -0.476 e. The van der Waals surface area contributed by atoms with E-state index in [1.54, 1.807) is 6.07 Å². The van der Waals surface area contributed by atoms with E-state index in [1.807, 2.05) is 19.1 Å². The lowest BCUT2D eigenvalue weighted by atomic mass is 10.2. The van der Waals surface area contributed by atoms with Gasteiger partial charge in [0.15, 0.2) is 11.5 Å². The van der Waals surface area contributed by atoms with Crippen LogP contribution in [0.4, 0.5) is 5.69 Å². The van der Waals surface area contributed by atoms with Gasteiger partial charge in [0.1, 0.15) is 0 Å². The first-order valence-electron chi connectivity index (χ1n) is 5.26. The molecule has 2 rings (SSSR count). The molecule has 1 aromatic carbocycles. The molecule has 2 N–H and O–H groups in total. The predicted molar refractivity (Wildman–Crippen MR) is 67.0 cm³/mol. The van der Waals surface area contributed by atoms with Crippen molar-refractivity contribution >= 4 is 23.3 Å². The third-order valence-corrected chi connectivity index (χ3v) is 2.91. The summed E-state index contributed by atoms with van der Waals surface area (Å²) in [7, 11) is 0. The number of hydrogen-bond donors (Lipinski definition) is 2. The average Bonchev–Trinajstić information content (AvgIpc) is 2.80. The van der Waals surface area contributed by atoms with Crippen LogP contribution in [0.1, 0.15) is 21.8 Å². The Morgan fingerprint density at radius 1 is 1.56 bits per heavy atom. The molecule has 6 heteroatoms. The van der Waals surface area contributed by atoms with E-state index in [0.717, 1.165) is 11.3 Å². The quantitative estimate of drug-likeness (QED) is 0.890. The monoisotopic (exact) mass is 266 g/mol. The number of carboxylic acids is 1. The highest BCUT2D eigenvalue weighted by molar-refractivity contribution is 6.31. The normalized spacial score (nSPS) is 10.3. The van der Waals surface area contributed by atoms with Gasteiger partial charge in [-0.2, -0.15) is 0 Å². The van der Waals surface area contributed by atoms with Crippen LogP contribution in [0.2, 0.25) is 5.02 Å². The minimum atomic E-state index is -1.11. The number of hydrogen-bond acceptors (Lipinski definition) is 4. The smallest absolute Gasteiger partial charge is 0.358 e. The molecule has 0 radical (unpaired) electrons. The summed E-state index contributed by atoms with van der Waals surface area (Å²) >= 11 is 5.99. The molecule has 0 bridgehead atoms. The van der Waals surface area contributed by atoms with Gasteiger partial charge in [-0.3, -0.25) is 0 Å². The lowest BCUT2D eigenvalue weighted by Gasteiger charge is -2.08. The fourth-order valence-corrected chi connectivity index (χ4v) is 1.65. The van der Waals surface area contributed by atoms with Gasteiger partial charge in [-0.1, -0.05) is 22.8 Å². The summed E-state index contributed by atoms with van der Waals surface area (Å²) in [6.45, 7) is 2.25. The first-order valence-corrected chi connectivity index (χ1v) is 5.63. The van der Waals surface area contributed by atoms with Gasteiger partial charge in [0.25, 0.3) is 0 Å². The molecule has 94 valence electrons. The van der Waals surface area contributed by atoms with Crippen LogP contribution in [0.15, 0.2) is 28.8 Å². The number of benzene rings is 1. The van der Waals surface area contributed by atoms with Crippen molar-refractivity contribution in [1.29, 1.82) is 0 Å². The second-order valence-corrected chi connectivity index (χ2v) is 4.16. The zero-order valence-corrected chi connectivity index (χ0v) is 10.4. The topological polar surface area (TPSA) is 75.4 Å². The SMILES string of the molecule is Cc1c(Cl)cccc1NCc1cc(C(=O)O)no1. The molecule has 0 fully saturated rings. The maximum atomic E-state index is 10.6. The largest absolute Gasteiger partial charge is 0.476 e. The van der Waals surface area contributed by atoms with E-state index in [4.69, 9.17) is 21.2 Å². The number of halogens is 1. The molecule has 1 aromatic heterocycles. The highest BCUT2D eigenvalue weighted by Crippen LogP contribution is 2.23. The lowest BCUT2D eigenvalue weighted by Crippen LogP contribution is -2.00. The van der Waals surface area contributed by atoms with Crippen molar-refractivity contribution in [3.63, 3.8) is 0 Å². The fourth-order valence-electron chi connectivity index (χ4n) is 1.48. The summed E-state index contributed by atoms with van der Waals surface area (Å²) in [6, 6.07) is 6.91. The highest BCUT2D eigenvalue weighted by atomic mass is 35.5. The molecular formula is C12H11ClN2O3. The van der Waals surface area contributed by atoms with E-state index in [1.165, 1.54) is 6.07 Å². The van der Waals surface area contributed by atoms with Crippen LogP contribution < -0.4 is 5.32 Å². The third kappa shape index (κ3) is 2.62. The number of anilines is 1. The number of aromatic carboxylic acids is 1. The second-order valence-electron chi connectivity index (χ2n) is 3.75. The van der Waals surface area contributed by atoms with Crippen LogP contribution in [-0.4, -0.2) is 16.2 Å². The third-order valence-electron chi connectivity index (χ3n) is 2.50. The Bertz CT molecular complexity index is 580. The molecule has 0 amide bonds. The summed E-state index contributed by atoms with van der Waals surface area (Å²) in [5, 5.41) is 15.9. The van der Waals surface area contributed by atoms with E-state index in [2.05, 4.69) is 10.5 Å². The minimum absolute atomic E-state index is 0.102. The van der Waals surface area contributed by atoms with E-state index in [-0.39, 0.29) is 5.69 Å². The molecule has 18 heavy (non-hydrogen) atoms. The van der Waals surface area contributed by atoms with Crippen LogP contribution in [-0.2, 0) is 6.54 Å². The maximum absolute atomic E-state index is 10.6. The highest BCUT2D eigenvalue weighted by Gasteiger charge is 2.10. The lowest BCUT2D eigenvalue weighted by molar-refractivity contribution is 0.0685. The van der Waals surface area contributed by atoms with Crippen LogP contribution >= 0.6 is 11.6 Å². The molecule has 5 nitrogen and oxygen atoms in total. The van der Waals surface area contributed by atoms with Gasteiger partial charge in [0.2, 0.25) is 0 Å². The fraction of sp³-hybridized carbons (Fsp3) is 0.167. The number of carbonyl (C=O) groups is 1. The van der Waals surface area contributed by atoms with Crippen molar-refractivity contribution in [2.45, 2.75) is 13.5 Å². The van der Waals surface area contributed by atoms with Gasteiger partial charge in [-0.15, -0.1) is 0 Å². The maximum Gasteiger partial charge on any atom is 0.358 e. The van der Waals surface area contributed by atoms with Gasteiger partial charge in [-0.05, 0) is 24.6 Å². The van der Waals surface area contributed by atoms with Gasteiger partial charge < -0.3 is 14.9 Å². The number of nitrogens with zero attached hydrogens (tertiary/aromatic N) is 1. The van der Waals surface area contributed by atoms with Gasteiger partial charge in [0, 0.05) is 16.8 Å². The predicted octanol–water partition coefficient (Wildman–Crippen LogP) is 2.95. The zero-order valence-electron chi connectivity index (χ0n) is 9.61. The van der Waals surface area contributed by atoms with Crippen LogP contribution in [0.5, 0.6) is 0 Å². The van der Waals surface area contributed by atoms with Crippen molar-refractivity contribution in [2.24, 2.45) is 0 Å². The first-order chi connectivity index (χ1) is 8.58. The summed E-state index contributed by atoms with van der Waals surface area (Å²) < 4.78 is 4.89. The van der Waals surface area contributed by atoms with Crippen LogP contribution in [0.25, 0.3) is 0 Å². The Hall–Kier alpha value is -2.01. The standard InChI is InChI=1S/C12H11ClN2O3/c1-7-9(13)3-2-4-10(7)14-6-8-5-11(12(16)17)15-18-8/h2-5,14H,6H2,1H3,(H,16,17). The number of rotatable bonds is 4. The number of aromatic nitrogens is 1. The van der Waals surface area contributed by atoms with Crippen LogP contribution in [0.3, 0.4) is 0 Å². The molecule has 1 heterocycles. The number of carboxylic acid groups (broad SMARTS) is 1. The van der Waals surface area contributed by atoms with Gasteiger partial charge in [-0.25, -0.2) is 4.79 Å². The average molecular weight is 267 g/mol. The van der Waals surface area contributed by atoms with E-state index in [9.17, 15) is 4.79 Å². The van der Waals surface area contributed by atoms with E-state index < -0.39 is 5.97 Å². The molecular weight excluding hydrogens is 256 g/mol. The second kappa shape index (κ2) is 5.10. The summed E-state index contributed by atoms with van der Waals surface area (Å²) in [6.07, 6.45) is 0. The molecule has 0 aliphatic heterocycles. The summed E-state index contributed by atoms with van der Waals surface area (Å²) in [5.41, 5.74) is 1.70. The van der Waals surface area contributed by atoms with E-state index >= 15 is 0 Å². The molecule has 0 saturated carbocycles. The Balaban J connectivity index is 2.07. The van der Waals surface area contributed by atoms with Crippen molar-refractivity contribution in [1.82, 2.24) is 5.16 Å². The van der Waals surface area contributed by atoms with Gasteiger partial charge >= 0.3 is 5.97 Å². The van der Waals surface area contributed by atoms with Crippen LogP contribution in [0, 0.1) is 6.92 Å². The Morgan fingerprint density at radius 2 is 2.33 bits per heavy atom. The van der Waals surface area contributed by atoms with Crippen molar-refractivity contribution < 1.29 is 14.4 Å². The summed E-state index contributed by atoms with van der Waals surface area (Å²) in [5.74, 6) is -0.657. The molecule has 0 aliphatic rings. The molecule has 0 unspecified atom stereocenters. The number of nitrogens with one attached hydrogen (secondary N) is 1. The zero-order chi connectivity index (χ0) is 13.1. The Morgan fingerprint density at radius 3 is 3.00 bits per heavy atom. The Kier molecular flexibility index (Phi) is 3.53. The van der Waals surface area contributed by atoms with Crippen molar-refractivity contribution in [2.75, 3.05) is 5.32 Å². The first kappa shape index (κ1) is 12.4. The molecule has 0 spiro atoms.